The van der Waals surface area contributed by atoms with Crippen LogP contribution in [0, 0.1) is 19.8 Å². The Hall–Kier alpha value is -1.83. The van der Waals surface area contributed by atoms with Crippen molar-refractivity contribution in [2.75, 3.05) is 7.11 Å². The fourth-order valence-electron chi connectivity index (χ4n) is 3.36. The van der Waals surface area contributed by atoms with Crippen LogP contribution in [0.3, 0.4) is 0 Å². The molecular weight excluding hydrogens is 258 g/mol. The van der Waals surface area contributed by atoms with Crippen LogP contribution >= 0.6 is 0 Å². The summed E-state index contributed by atoms with van der Waals surface area (Å²) in [6, 6.07) is 12.9. The average molecular weight is 281 g/mol. The summed E-state index contributed by atoms with van der Waals surface area (Å²) in [6.07, 6.45) is 2.32. The number of nitrogens with zero attached hydrogens (tertiary/aromatic N) is 1. The smallest absolute Gasteiger partial charge is 0.118 e. The number of hydrogen-bond acceptors (Lipinski definition) is 2. The van der Waals surface area contributed by atoms with Gasteiger partial charge in [0.25, 0.3) is 0 Å². The number of benzene rings is 1. The Balaban J connectivity index is 1.74. The van der Waals surface area contributed by atoms with E-state index in [1.165, 1.54) is 23.2 Å². The van der Waals surface area contributed by atoms with E-state index in [4.69, 9.17) is 4.74 Å². The Kier molecular flexibility index (Phi) is 3.48. The lowest BCUT2D eigenvalue weighted by Crippen LogP contribution is -2.07. The highest BCUT2D eigenvalue weighted by Gasteiger charge is 2.50. The maximum atomic E-state index is 5.24. The summed E-state index contributed by atoms with van der Waals surface area (Å²) in [6.45, 7) is 6.59. The van der Waals surface area contributed by atoms with E-state index < -0.39 is 0 Å². The first-order chi connectivity index (χ1) is 10.0. The second kappa shape index (κ2) is 5.18. The summed E-state index contributed by atoms with van der Waals surface area (Å²) < 4.78 is 5.24. The maximum Gasteiger partial charge on any atom is 0.118 e. The van der Waals surface area contributed by atoms with E-state index in [9.17, 15) is 0 Å². The molecule has 0 saturated heterocycles. The lowest BCUT2D eigenvalue weighted by atomic mass is 9.93. The number of pyridine rings is 1. The van der Waals surface area contributed by atoms with E-state index in [1.807, 2.05) is 0 Å². The van der Waals surface area contributed by atoms with Crippen molar-refractivity contribution in [3.05, 3.63) is 58.9 Å². The summed E-state index contributed by atoms with van der Waals surface area (Å²) in [5.41, 5.74) is 5.37. The molecule has 2 nitrogen and oxygen atoms in total. The van der Waals surface area contributed by atoms with E-state index in [0.717, 1.165) is 17.9 Å². The van der Waals surface area contributed by atoms with E-state index >= 15 is 0 Å². The normalized spacial score (nSPS) is 23.9. The third kappa shape index (κ3) is 2.80. The Morgan fingerprint density at radius 3 is 2.52 bits per heavy atom. The third-order valence-electron chi connectivity index (χ3n) is 4.77. The number of hydrogen-bond donors (Lipinski definition) is 0. The molecule has 0 amide bonds. The van der Waals surface area contributed by atoms with Crippen molar-refractivity contribution < 1.29 is 4.74 Å². The van der Waals surface area contributed by atoms with Gasteiger partial charge in [-0.2, -0.15) is 0 Å². The van der Waals surface area contributed by atoms with Crippen molar-refractivity contribution in [3.8, 4) is 5.75 Å². The van der Waals surface area contributed by atoms with Gasteiger partial charge >= 0.3 is 0 Å². The zero-order valence-electron chi connectivity index (χ0n) is 13.3. The summed E-state index contributed by atoms with van der Waals surface area (Å²) in [7, 11) is 1.71. The molecule has 1 aliphatic rings. The Morgan fingerprint density at radius 1 is 1.19 bits per heavy atom. The lowest BCUT2D eigenvalue weighted by Gasteiger charge is -2.13. The summed E-state index contributed by atoms with van der Waals surface area (Å²) >= 11 is 0. The molecule has 21 heavy (non-hydrogen) atoms. The first-order valence-corrected chi connectivity index (χ1v) is 7.60. The van der Waals surface area contributed by atoms with Crippen LogP contribution in [0.1, 0.15) is 35.9 Å². The molecule has 2 heteroatoms. The fraction of sp³-hybridized carbons (Fsp3) is 0.421. The first-order valence-electron chi connectivity index (χ1n) is 7.60. The van der Waals surface area contributed by atoms with Gasteiger partial charge in [0.05, 0.1) is 7.11 Å². The predicted molar refractivity (Wildman–Crippen MR) is 85.9 cm³/mol. The van der Waals surface area contributed by atoms with Gasteiger partial charge < -0.3 is 4.74 Å². The van der Waals surface area contributed by atoms with Crippen molar-refractivity contribution in [1.82, 2.24) is 4.98 Å². The zero-order valence-corrected chi connectivity index (χ0v) is 13.3. The quantitative estimate of drug-likeness (QED) is 0.836. The molecule has 2 aromatic rings. The average Bonchev–Trinajstić information content (AvgIpc) is 3.09. The van der Waals surface area contributed by atoms with Gasteiger partial charge in [-0.05, 0) is 73.4 Å². The SMILES string of the molecule is COc1ccc([C@]2(C)C[C@H]2Cc2cc(C)cc(C)n2)cc1. The molecule has 1 heterocycles. The van der Waals surface area contributed by atoms with Crippen LogP contribution in [0.25, 0.3) is 0 Å². The van der Waals surface area contributed by atoms with Gasteiger partial charge in [0.1, 0.15) is 5.75 Å². The van der Waals surface area contributed by atoms with E-state index in [-0.39, 0.29) is 0 Å². The van der Waals surface area contributed by atoms with Crippen LogP contribution in [0.4, 0.5) is 0 Å². The van der Waals surface area contributed by atoms with Crippen molar-refractivity contribution in [1.29, 1.82) is 0 Å². The molecule has 0 N–H and O–H groups in total. The second-order valence-electron chi connectivity index (χ2n) is 6.53. The highest BCUT2D eigenvalue weighted by molar-refractivity contribution is 5.37. The Bertz CT molecular complexity index is 627. The molecule has 0 aliphatic heterocycles. The Labute approximate surface area is 127 Å². The van der Waals surface area contributed by atoms with Crippen molar-refractivity contribution >= 4 is 0 Å². The van der Waals surface area contributed by atoms with Crippen LogP contribution in [0.15, 0.2) is 36.4 Å². The molecule has 2 atom stereocenters. The zero-order chi connectivity index (χ0) is 15.0. The molecule has 1 saturated carbocycles. The monoisotopic (exact) mass is 281 g/mol. The minimum absolute atomic E-state index is 0.297. The minimum Gasteiger partial charge on any atom is -0.497 e. The fourth-order valence-corrected chi connectivity index (χ4v) is 3.36. The molecule has 0 radical (unpaired) electrons. The van der Waals surface area contributed by atoms with Crippen LogP contribution in [-0.4, -0.2) is 12.1 Å². The largest absolute Gasteiger partial charge is 0.497 e. The van der Waals surface area contributed by atoms with Crippen molar-refractivity contribution in [3.63, 3.8) is 0 Å². The predicted octanol–water partition coefficient (Wildman–Crippen LogP) is 4.23. The van der Waals surface area contributed by atoms with Crippen LogP contribution < -0.4 is 4.74 Å². The topological polar surface area (TPSA) is 22.1 Å². The molecule has 0 spiro atoms. The molecule has 1 fully saturated rings. The van der Waals surface area contributed by atoms with Crippen LogP contribution in [0.5, 0.6) is 5.75 Å². The number of ether oxygens (including phenoxy) is 1. The highest BCUT2D eigenvalue weighted by Crippen LogP contribution is 2.55. The molecule has 0 unspecified atom stereocenters. The molecule has 0 bridgehead atoms. The molecule has 1 aromatic carbocycles. The highest BCUT2D eigenvalue weighted by atomic mass is 16.5. The van der Waals surface area contributed by atoms with Crippen molar-refractivity contribution in [2.45, 2.75) is 39.0 Å². The van der Waals surface area contributed by atoms with E-state index in [1.54, 1.807) is 7.11 Å². The number of aryl methyl sites for hydroxylation is 2. The van der Waals surface area contributed by atoms with Crippen LogP contribution in [-0.2, 0) is 11.8 Å². The minimum atomic E-state index is 0.297. The van der Waals surface area contributed by atoms with Gasteiger partial charge in [-0.15, -0.1) is 0 Å². The third-order valence-corrected chi connectivity index (χ3v) is 4.77. The van der Waals surface area contributed by atoms with Gasteiger partial charge in [0.15, 0.2) is 0 Å². The lowest BCUT2D eigenvalue weighted by molar-refractivity contribution is 0.414. The maximum absolute atomic E-state index is 5.24. The first kappa shape index (κ1) is 14.1. The summed E-state index contributed by atoms with van der Waals surface area (Å²) in [5.74, 6) is 1.62. The van der Waals surface area contributed by atoms with Gasteiger partial charge in [0, 0.05) is 11.4 Å². The molecular formula is C19H23NO. The second-order valence-corrected chi connectivity index (χ2v) is 6.53. The summed E-state index contributed by atoms with van der Waals surface area (Å²) in [5, 5.41) is 0. The molecule has 1 aromatic heterocycles. The van der Waals surface area contributed by atoms with Gasteiger partial charge in [-0.1, -0.05) is 19.1 Å². The number of methoxy groups -OCH3 is 1. The molecule has 3 rings (SSSR count). The number of aromatic nitrogens is 1. The number of rotatable bonds is 4. The van der Waals surface area contributed by atoms with Gasteiger partial charge in [0.2, 0.25) is 0 Å². The molecule has 110 valence electrons. The Morgan fingerprint density at radius 2 is 1.90 bits per heavy atom. The molecule has 1 aliphatic carbocycles. The van der Waals surface area contributed by atoms with Crippen molar-refractivity contribution in [2.24, 2.45) is 5.92 Å². The van der Waals surface area contributed by atoms with E-state index in [0.29, 0.717) is 11.3 Å². The van der Waals surface area contributed by atoms with Gasteiger partial charge in [-0.3, -0.25) is 4.98 Å². The standard InChI is InChI=1S/C19H23NO/c1-13-9-14(2)20-17(10-13)11-16-12-19(16,3)15-5-7-18(21-4)8-6-15/h5-10,16H,11-12H2,1-4H3/t16-,19+/m1/s1. The van der Waals surface area contributed by atoms with E-state index in [2.05, 4.69) is 62.2 Å². The van der Waals surface area contributed by atoms with Gasteiger partial charge in [-0.25, -0.2) is 0 Å². The van der Waals surface area contributed by atoms with Crippen LogP contribution in [0.2, 0.25) is 0 Å². The summed E-state index contributed by atoms with van der Waals surface area (Å²) in [4.78, 5) is 4.68.